The lowest BCUT2D eigenvalue weighted by atomic mass is 9.30. The Labute approximate surface area is 225 Å². The maximum absolute atomic E-state index is 13.0. The highest BCUT2D eigenvalue weighted by Crippen LogP contribution is 2.80. The van der Waals surface area contributed by atoms with Crippen LogP contribution in [0.2, 0.25) is 0 Å². The Morgan fingerprint density at radius 1 is 0.757 bits per heavy atom. The van der Waals surface area contributed by atoms with Crippen molar-refractivity contribution >= 4 is 11.9 Å². The van der Waals surface area contributed by atoms with Crippen molar-refractivity contribution in [1.82, 2.24) is 0 Å². The Kier molecular flexibility index (Phi) is 5.97. The summed E-state index contributed by atoms with van der Waals surface area (Å²) in [5.74, 6) is 1.12. The van der Waals surface area contributed by atoms with Gasteiger partial charge in [0, 0.05) is 12.3 Å². The van der Waals surface area contributed by atoms with E-state index in [4.69, 9.17) is 4.74 Å². The summed E-state index contributed by atoms with van der Waals surface area (Å²) in [6, 6.07) is 0. The van der Waals surface area contributed by atoms with Crippen LogP contribution in [0.3, 0.4) is 0 Å². The molecule has 0 saturated heterocycles. The van der Waals surface area contributed by atoms with Gasteiger partial charge in [-0.25, -0.2) is 0 Å². The first kappa shape index (κ1) is 27.3. The SMILES string of the molecule is C=C(C)C1CCC2(C(=O)O)CCC3(C)C(CCC4C5(C)CCC(OC(C)=O)C(C)(C)C5CCC43C)C12C. The fourth-order valence-corrected chi connectivity index (χ4v) is 12.7. The molecule has 0 aromatic heterocycles. The second-order valence-electron chi connectivity index (χ2n) is 15.7. The Morgan fingerprint density at radius 3 is 1.97 bits per heavy atom. The second-order valence-corrected chi connectivity index (χ2v) is 15.7. The zero-order valence-electron chi connectivity index (χ0n) is 24.8. The number of ether oxygens (including phenoxy) is 1. The van der Waals surface area contributed by atoms with E-state index in [-0.39, 0.29) is 39.1 Å². The van der Waals surface area contributed by atoms with E-state index in [2.05, 4.69) is 55.0 Å². The van der Waals surface area contributed by atoms with Gasteiger partial charge < -0.3 is 9.84 Å². The van der Waals surface area contributed by atoms with E-state index in [1.807, 2.05) is 0 Å². The molecule has 0 radical (unpaired) electrons. The van der Waals surface area contributed by atoms with Crippen LogP contribution in [0.15, 0.2) is 12.2 Å². The van der Waals surface area contributed by atoms with Crippen molar-refractivity contribution in [3.05, 3.63) is 12.2 Å². The van der Waals surface area contributed by atoms with Crippen molar-refractivity contribution < 1.29 is 19.4 Å². The Balaban J connectivity index is 1.56. The second kappa shape index (κ2) is 8.10. The number of carboxylic acids is 1. The first-order valence-electron chi connectivity index (χ1n) is 15.1. The van der Waals surface area contributed by atoms with Gasteiger partial charge in [-0.1, -0.05) is 53.7 Å². The largest absolute Gasteiger partial charge is 0.481 e. The average Bonchev–Trinajstić information content (AvgIpc) is 3.10. The number of carboxylic acid groups (broad SMARTS) is 1. The minimum absolute atomic E-state index is 0.000977. The number of carbonyl (C=O) groups excluding carboxylic acids is 1. The van der Waals surface area contributed by atoms with Gasteiger partial charge in [0.1, 0.15) is 6.10 Å². The zero-order chi connectivity index (χ0) is 27.4. The number of fused-ring (bicyclic) bond motifs is 7. The summed E-state index contributed by atoms with van der Waals surface area (Å²) in [5.41, 5.74) is 0.806. The standard InChI is InChI=1S/C33H52O4/c1-20(2)22-12-17-33(27(35)36)19-18-31(8)25(32(22,33)9)11-10-24-29(6)15-14-26(37-21(3)34)28(4,5)23(29)13-16-30(24,31)7/h22-26H,1,10-19H2,2-9H3,(H,35,36). The van der Waals surface area contributed by atoms with Crippen LogP contribution in [0, 0.1) is 56.2 Å². The highest BCUT2D eigenvalue weighted by molar-refractivity contribution is 5.77. The summed E-state index contributed by atoms with van der Waals surface area (Å²) in [7, 11) is 0. The summed E-state index contributed by atoms with van der Waals surface area (Å²) in [6.45, 7) is 22.9. The molecule has 0 aliphatic heterocycles. The number of carbonyl (C=O) groups is 2. The molecular formula is C33H52O4. The predicted octanol–water partition coefficient (Wildman–Crippen LogP) is 8.05. The fourth-order valence-electron chi connectivity index (χ4n) is 12.7. The maximum Gasteiger partial charge on any atom is 0.310 e. The van der Waals surface area contributed by atoms with Crippen LogP contribution < -0.4 is 0 Å². The molecule has 0 amide bonds. The van der Waals surface area contributed by atoms with Crippen LogP contribution in [0.4, 0.5) is 0 Å². The number of aliphatic carboxylic acids is 1. The van der Waals surface area contributed by atoms with Crippen molar-refractivity contribution in [3.8, 4) is 0 Å². The zero-order valence-corrected chi connectivity index (χ0v) is 24.8. The summed E-state index contributed by atoms with van der Waals surface area (Å²) < 4.78 is 5.89. The highest BCUT2D eigenvalue weighted by Gasteiger charge is 2.75. The van der Waals surface area contributed by atoms with Crippen molar-refractivity contribution in [1.29, 1.82) is 0 Å². The summed E-state index contributed by atoms with van der Waals surface area (Å²) in [4.78, 5) is 24.9. The third-order valence-corrected chi connectivity index (χ3v) is 14.5. The molecule has 4 nitrogen and oxygen atoms in total. The van der Waals surface area contributed by atoms with E-state index in [0.29, 0.717) is 23.7 Å². The van der Waals surface area contributed by atoms with E-state index in [0.717, 1.165) is 44.9 Å². The Hall–Kier alpha value is -1.32. The van der Waals surface area contributed by atoms with Crippen molar-refractivity contribution in [2.24, 2.45) is 56.2 Å². The average molecular weight is 513 g/mol. The molecule has 5 saturated carbocycles. The number of rotatable bonds is 3. The topological polar surface area (TPSA) is 63.6 Å². The van der Waals surface area contributed by atoms with Gasteiger partial charge in [0.25, 0.3) is 0 Å². The van der Waals surface area contributed by atoms with Gasteiger partial charge in [-0.05, 0) is 116 Å². The van der Waals surface area contributed by atoms with E-state index in [1.54, 1.807) is 6.92 Å². The molecule has 1 N–H and O–H groups in total. The molecule has 0 aromatic rings. The van der Waals surface area contributed by atoms with Gasteiger partial charge in [-0.2, -0.15) is 0 Å². The molecule has 0 bridgehead atoms. The third-order valence-electron chi connectivity index (χ3n) is 14.5. The van der Waals surface area contributed by atoms with Crippen molar-refractivity contribution in [2.45, 2.75) is 126 Å². The third kappa shape index (κ3) is 3.14. The van der Waals surface area contributed by atoms with Crippen LogP contribution >= 0.6 is 0 Å². The number of allylic oxidation sites excluding steroid dienone is 1. The molecule has 5 rings (SSSR count). The van der Waals surface area contributed by atoms with E-state index in [9.17, 15) is 14.7 Å². The fraction of sp³-hybridized carbons (Fsp3) is 0.879. The lowest BCUT2D eigenvalue weighted by Gasteiger charge is -2.74. The minimum atomic E-state index is -0.616. The van der Waals surface area contributed by atoms with Crippen LogP contribution in [0.25, 0.3) is 0 Å². The van der Waals surface area contributed by atoms with Gasteiger partial charge in [-0.15, -0.1) is 0 Å². The molecule has 37 heavy (non-hydrogen) atoms. The number of hydrogen-bond donors (Lipinski definition) is 1. The van der Waals surface area contributed by atoms with Crippen molar-refractivity contribution in [3.63, 3.8) is 0 Å². The van der Waals surface area contributed by atoms with E-state index >= 15 is 0 Å². The van der Waals surface area contributed by atoms with E-state index < -0.39 is 11.4 Å². The lowest BCUT2D eigenvalue weighted by molar-refractivity contribution is -0.265. The molecular weight excluding hydrogens is 460 g/mol. The highest BCUT2D eigenvalue weighted by atomic mass is 16.5. The lowest BCUT2D eigenvalue weighted by Crippen LogP contribution is -2.69. The van der Waals surface area contributed by atoms with Gasteiger partial charge in [-0.3, -0.25) is 9.59 Å². The molecule has 5 aliphatic rings. The van der Waals surface area contributed by atoms with Gasteiger partial charge >= 0.3 is 11.9 Å². The van der Waals surface area contributed by atoms with Gasteiger partial charge in [0.2, 0.25) is 0 Å². The summed E-state index contributed by atoms with van der Waals surface area (Å²) in [6.07, 6.45) is 10.3. The smallest absolute Gasteiger partial charge is 0.310 e. The molecule has 10 unspecified atom stereocenters. The van der Waals surface area contributed by atoms with Gasteiger partial charge in [0.05, 0.1) is 5.41 Å². The maximum atomic E-state index is 13.0. The van der Waals surface area contributed by atoms with Gasteiger partial charge in [0.15, 0.2) is 0 Å². The first-order valence-corrected chi connectivity index (χ1v) is 15.1. The first-order chi connectivity index (χ1) is 17.0. The van der Waals surface area contributed by atoms with Crippen molar-refractivity contribution in [2.75, 3.05) is 0 Å². The van der Waals surface area contributed by atoms with E-state index in [1.165, 1.54) is 24.8 Å². The molecule has 0 spiro atoms. The molecule has 208 valence electrons. The molecule has 10 atom stereocenters. The quantitative estimate of drug-likeness (QED) is 0.307. The van der Waals surface area contributed by atoms with Crippen LogP contribution in [0.1, 0.15) is 120 Å². The number of hydrogen-bond acceptors (Lipinski definition) is 3. The number of esters is 1. The molecule has 0 aromatic carbocycles. The predicted molar refractivity (Wildman–Crippen MR) is 147 cm³/mol. The summed E-state index contributed by atoms with van der Waals surface area (Å²) in [5, 5.41) is 10.7. The molecule has 5 aliphatic carbocycles. The molecule has 0 heterocycles. The molecule has 5 fully saturated rings. The molecule has 4 heteroatoms. The van der Waals surface area contributed by atoms with Crippen LogP contribution in [-0.2, 0) is 14.3 Å². The monoisotopic (exact) mass is 512 g/mol. The van der Waals surface area contributed by atoms with Crippen LogP contribution in [-0.4, -0.2) is 23.1 Å². The Bertz CT molecular complexity index is 1010. The normalized spacial score (nSPS) is 52.2. The Morgan fingerprint density at radius 2 is 1.38 bits per heavy atom. The summed E-state index contributed by atoms with van der Waals surface area (Å²) >= 11 is 0. The van der Waals surface area contributed by atoms with Crippen LogP contribution in [0.5, 0.6) is 0 Å². The minimum Gasteiger partial charge on any atom is -0.481 e.